The van der Waals surface area contributed by atoms with Crippen LogP contribution in [0, 0.1) is 19.7 Å². The minimum absolute atomic E-state index is 0.00169. The minimum atomic E-state index is -3.89. The first kappa shape index (κ1) is 22.5. The Balaban J connectivity index is 1.48. The van der Waals surface area contributed by atoms with E-state index in [9.17, 15) is 17.6 Å². The molecule has 1 amide bonds. The second-order valence-electron chi connectivity index (χ2n) is 7.05. The van der Waals surface area contributed by atoms with Crippen LogP contribution in [-0.4, -0.2) is 29.3 Å². The fourth-order valence-corrected chi connectivity index (χ4v) is 4.82. The third kappa shape index (κ3) is 5.21. The molecule has 0 bridgehead atoms. The van der Waals surface area contributed by atoms with Gasteiger partial charge in [-0.05, 0) is 68.4 Å². The van der Waals surface area contributed by atoms with Crippen LogP contribution in [0.15, 0.2) is 65.7 Å². The minimum Gasteiger partial charge on any atom is -0.321 e. The van der Waals surface area contributed by atoms with Crippen molar-refractivity contribution in [3.63, 3.8) is 0 Å². The van der Waals surface area contributed by atoms with Crippen LogP contribution in [0.25, 0.3) is 10.6 Å². The van der Waals surface area contributed by atoms with Crippen LogP contribution in [0.5, 0.6) is 0 Å². The van der Waals surface area contributed by atoms with Crippen molar-refractivity contribution in [3.8, 4) is 10.6 Å². The van der Waals surface area contributed by atoms with Crippen molar-refractivity contribution in [1.29, 1.82) is 0 Å². The molecule has 2 aromatic carbocycles. The normalized spacial score (nSPS) is 11.2. The predicted octanol–water partition coefficient (Wildman–Crippen LogP) is 4.41. The number of nitrogens with one attached hydrogen (secondary N) is 2. The van der Waals surface area contributed by atoms with E-state index in [1.54, 1.807) is 32.0 Å². The summed E-state index contributed by atoms with van der Waals surface area (Å²) in [4.78, 5) is 25.5. The summed E-state index contributed by atoms with van der Waals surface area (Å²) in [6, 6.07) is 13.2. The van der Waals surface area contributed by atoms with Gasteiger partial charge in [0.15, 0.2) is 0 Å². The van der Waals surface area contributed by atoms with Gasteiger partial charge in [0, 0.05) is 23.1 Å². The molecule has 0 aliphatic rings. The van der Waals surface area contributed by atoms with E-state index in [0.29, 0.717) is 32.5 Å². The molecule has 168 valence electrons. The van der Waals surface area contributed by atoms with Crippen LogP contribution in [0.1, 0.15) is 21.1 Å². The highest BCUT2D eigenvalue weighted by atomic mass is 32.2. The molecule has 2 heterocycles. The molecule has 4 aromatic rings. The number of anilines is 2. The second-order valence-corrected chi connectivity index (χ2v) is 9.73. The number of carbonyl (C=O) groups is 1. The molecule has 0 aliphatic heterocycles. The molecule has 0 fully saturated rings. The number of rotatable bonds is 6. The Morgan fingerprint density at radius 2 is 1.67 bits per heavy atom. The van der Waals surface area contributed by atoms with Crippen molar-refractivity contribution in [1.82, 2.24) is 15.0 Å². The lowest BCUT2D eigenvalue weighted by molar-refractivity contribution is 0.103. The highest BCUT2D eigenvalue weighted by molar-refractivity contribution is 7.92. The number of benzene rings is 2. The maximum absolute atomic E-state index is 13.2. The number of halogens is 1. The van der Waals surface area contributed by atoms with E-state index < -0.39 is 10.0 Å². The van der Waals surface area contributed by atoms with Gasteiger partial charge in [0.1, 0.15) is 15.7 Å². The van der Waals surface area contributed by atoms with Crippen molar-refractivity contribution in [2.45, 2.75) is 18.7 Å². The summed E-state index contributed by atoms with van der Waals surface area (Å²) in [7, 11) is -3.89. The Kier molecular flexibility index (Phi) is 6.16. The largest absolute Gasteiger partial charge is 0.321 e. The van der Waals surface area contributed by atoms with Gasteiger partial charge >= 0.3 is 0 Å². The lowest BCUT2D eigenvalue weighted by Gasteiger charge is -2.08. The maximum Gasteiger partial charge on any atom is 0.267 e. The standard InChI is InChI=1S/C22H18FN5O3S2/c1-13-11-12-24-22(25-13)28-33(30,31)18-9-7-17(8-10-18)27-20(29)19-14(2)26-21(32-19)15-3-5-16(23)6-4-15/h3-12H,1-2H3,(H,27,29)(H,24,25,28). The van der Waals surface area contributed by atoms with Gasteiger partial charge in [-0.3, -0.25) is 4.79 Å². The fraction of sp³-hybridized carbons (Fsp3) is 0.0909. The molecule has 0 spiro atoms. The third-order valence-corrected chi connectivity index (χ3v) is 7.09. The van der Waals surface area contributed by atoms with Crippen LogP contribution < -0.4 is 10.0 Å². The molecule has 0 atom stereocenters. The molecule has 0 aliphatic carbocycles. The summed E-state index contributed by atoms with van der Waals surface area (Å²) in [5.41, 5.74) is 2.30. The number of aromatic nitrogens is 3. The van der Waals surface area contributed by atoms with E-state index >= 15 is 0 Å². The first-order valence-corrected chi connectivity index (χ1v) is 12.0. The Morgan fingerprint density at radius 1 is 0.970 bits per heavy atom. The molecular weight excluding hydrogens is 465 g/mol. The van der Waals surface area contributed by atoms with Gasteiger partial charge in [0.05, 0.1) is 10.6 Å². The van der Waals surface area contributed by atoms with E-state index in [-0.39, 0.29) is 22.6 Å². The monoisotopic (exact) mass is 483 g/mol. The van der Waals surface area contributed by atoms with Crippen LogP contribution in [0.3, 0.4) is 0 Å². The number of sulfonamides is 1. The predicted molar refractivity (Wildman–Crippen MR) is 124 cm³/mol. The van der Waals surface area contributed by atoms with Crippen molar-refractivity contribution >= 4 is 38.9 Å². The van der Waals surface area contributed by atoms with Gasteiger partial charge in [0.25, 0.3) is 15.9 Å². The number of hydrogen-bond donors (Lipinski definition) is 2. The number of carbonyl (C=O) groups excluding carboxylic acids is 1. The van der Waals surface area contributed by atoms with Crippen molar-refractivity contribution in [3.05, 3.63) is 82.9 Å². The quantitative estimate of drug-likeness (QED) is 0.420. The number of thiazole rings is 1. The zero-order valence-electron chi connectivity index (χ0n) is 17.5. The lowest BCUT2D eigenvalue weighted by atomic mass is 10.2. The molecule has 0 radical (unpaired) electrons. The number of aryl methyl sites for hydroxylation is 2. The van der Waals surface area contributed by atoms with Gasteiger partial charge in [0.2, 0.25) is 5.95 Å². The van der Waals surface area contributed by atoms with Gasteiger partial charge < -0.3 is 5.32 Å². The first-order chi connectivity index (χ1) is 15.7. The summed E-state index contributed by atoms with van der Waals surface area (Å²) in [5, 5.41) is 3.34. The summed E-state index contributed by atoms with van der Waals surface area (Å²) < 4.78 is 40.6. The summed E-state index contributed by atoms with van der Waals surface area (Å²) in [6.45, 7) is 3.44. The van der Waals surface area contributed by atoms with Crippen LogP contribution in [0.4, 0.5) is 16.0 Å². The fourth-order valence-electron chi connectivity index (χ4n) is 2.91. The van der Waals surface area contributed by atoms with Gasteiger partial charge in [-0.2, -0.15) is 0 Å². The molecule has 11 heteroatoms. The zero-order valence-corrected chi connectivity index (χ0v) is 19.2. The maximum atomic E-state index is 13.2. The number of amides is 1. The van der Waals surface area contributed by atoms with Crippen molar-refractivity contribution < 1.29 is 17.6 Å². The highest BCUT2D eigenvalue weighted by Gasteiger charge is 2.18. The van der Waals surface area contributed by atoms with Crippen LogP contribution in [-0.2, 0) is 10.0 Å². The molecular formula is C22H18FN5O3S2. The Labute approximate surface area is 193 Å². The molecule has 0 saturated heterocycles. The van der Waals surface area contributed by atoms with Crippen molar-refractivity contribution in [2.24, 2.45) is 0 Å². The number of nitrogens with zero attached hydrogens (tertiary/aromatic N) is 3. The Bertz CT molecular complexity index is 1420. The van der Waals surface area contributed by atoms with Crippen LogP contribution in [0.2, 0.25) is 0 Å². The average Bonchev–Trinajstić information content (AvgIpc) is 3.16. The van der Waals surface area contributed by atoms with Gasteiger partial charge in [-0.15, -0.1) is 11.3 Å². The van der Waals surface area contributed by atoms with E-state index in [0.717, 1.165) is 0 Å². The summed E-state index contributed by atoms with van der Waals surface area (Å²) in [5.74, 6) is -0.748. The topological polar surface area (TPSA) is 114 Å². The Morgan fingerprint density at radius 3 is 2.33 bits per heavy atom. The van der Waals surface area contributed by atoms with Gasteiger partial charge in [-0.25, -0.2) is 32.5 Å². The molecule has 0 saturated carbocycles. The summed E-state index contributed by atoms with van der Waals surface area (Å²) >= 11 is 1.19. The molecule has 0 unspecified atom stereocenters. The van der Waals surface area contributed by atoms with Crippen LogP contribution >= 0.6 is 11.3 Å². The summed E-state index contributed by atoms with van der Waals surface area (Å²) in [6.07, 6.45) is 1.46. The van der Waals surface area contributed by atoms with Gasteiger partial charge in [-0.1, -0.05) is 0 Å². The molecule has 8 nitrogen and oxygen atoms in total. The third-order valence-electron chi connectivity index (χ3n) is 4.54. The smallest absolute Gasteiger partial charge is 0.267 e. The highest BCUT2D eigenvalue weighted by Crippen LogP contribution is 2.29. The average molecular weight is 484 g/mol. The van der Waals surface area contributed by atoms with E-state index in [1.165, 1.54) is 53.9 Å². The lowest BCUT2D eigenvalue weighted by Crippen LogP contribution is -2.15. The second kappa shape index (κ2) is 9.04. The van der Waals surface area contributed by atoms with Crippen molar-refractivity contribution in [2.75, 3.05) is 10.0 Å². The van der Waals surface area contributed by atoms with E-state index in [4.69, 9.17) is 0 Å². The molecule has 2 aromatic heterocycles. The number of hydrogen-bond acceptors (Lipinski definition) is 7. The van der Waals surface area contributed by atoms with E-state index in [1.807, 2.05) is 0 Å². The SMILES string of the molecule is Cc1ccnc(NS(=O)(=O)c2ccc(NC(=O)c3sc(-c4ccc(F)cc4)nc3C)cc2)n1. The Hall–Kier alpha value is -3.70. The molecule has 2 N–H and O–H groups in total. The molecule has 33 heavy (non-hydrogen) atoms. The van der Waals surface area contributed by atoms with E-state index in [2.05, 4.69) is 25.0 Å². The first-order valence-electron chi connectivity index (χ1n) is 9.68. The zero-order chi connectivity index (χ0) is 23.6. The molecule has 4 rings (SSSR count).